The topological polar surface area (TPSA) is 98.0 Å². The Morgan fingerprint density at radius 3 is 2.30 bits per heavy atom. The Kier molecular flexibility index (Phi) is 6.46. The van der Waals surface area contributed by atoms with Gasteiger partial charge in [0.05, 0.1) is 11.3 Å². The monoisotopic (exact) mass is 410 g/mol. The van der Waals surface area contributed by atoms with E-state index in [4.69, 9.17) is 5.73 Å². The maximum Gasteiger partial charge on any atom is 0.252 e. The van der Waals surface area contributed by atoms with Crippen molar-refractivity contribution >= 4 is 17.4 Å². The van der Waals surface area contributed by atoms with Gasteiger partial charge in [0.2, 0.25) is 0 Å². The van der Waals surface area contributed by atoms with E-state index in [1.807, 2.05) is 0 Å². The molecule has 0 aliphatic carbocycles. The summed E-state index contributed by atoms with van der Waals surface area (Å²) in [4.78, 5) is 32.0. The second-order valence-electron chi connectivity index (χ2n) is 6.71. The third kappa shape index (κ3) is 5.22. The summed E-state index contributed by atoms with van der Waals surface area (Å²) in [5, 5.41) is 2.98. The summed E-state index contributed by atoms with van der Waals surface area (Å²) in [5.41, 5.74) is 8.19. The van der Waals surface area contributed by atoms with Crippen LogP contribution < -0.4 is 11.1 Å². The fraction of sp³-hybridized carbons (Fsp3) is 0.182. The average molecular weight is 410 g/mol. The maximum absolute atomic E-state index is 13.4. The van der Waals surface area contributed by atoms with Crippen LogP contribution in [0.3, 0.4) is 0 Å². The van der Waals surface area contributed by atoms with Crippen LogP contribution in [0.15, 0.2) is 48.8 Å². The first-order valence-corrected chi connectivity index (χ1v) is 9.31. The number of halogens is 2. The fourth-order valence-electron chi connectivity index (χ4n) is 2.93. The number of pyridine rings is 2. The molecule has 0 saturated heterocycles. The minimum absolute atomic E-state index is 0.0123. The Morgan fingerprint density at radius 1 is 1.00 bits per heavy atom. The van der Waals surface area contributed by atoms with Gasteiger partial charge in [-0.15, -0.1) is 0 Å². The van der Waals surface area contributed by atoms with Crippen LogP contribution >= 0.6 is 0 Å². The molecule has 1 aromatic carbocycles. The molecule has 2 heterocycles. The highest BCUT2D eigenvalue weighted by Crippen LogP contribution is 2.19. The highest BCUT2D eigenvalue weighted by atomic mass is 19.1. The number of carbonyl (C=O) groups excluding carboxylic acids is 2. The Hall–Kier alpha value is -3.68. The molecule has 0 bridgehead atoms. The quantitative estimate of drug-likeness (QED) is 0.553. The number of Topliss-reactive ketones (excluding diaryl/α,β-unsaturated/α-hetero) is 1. The number of rotatable bonds is 8. The fourth-order valence-corrected chi connectivity index (χ4v) is 2.93. The van der Waals surface area contributed by atoms with Crippen LogP contribution in [0.1, 0.15) is 51.0 Å². The van der Waals surface area contributed by atoms with E-state index in [2.05, 4.69) is 15.3 Å². The molecular formula is C22H20F2N4O2. The first-order chi connectivity index (χ1) is 14.4. The Labute approximate surface area is 172 Å². The average Bonchev–Trinajstić information content (AvgIpc) is 2.71. The Bertz CT molecular complexity index is 1060. The number of aromatic nitrogens is 2. The van der Waals surface area contributed by atoms with E-state index in [1.165, 1.54) is 24.5 Å². The molecular weight excluding hydrogens is 390 g/mol. The molecule has 0 aliphatic heterocycles. The highest BCUT2D eigenvalue weighted by molar-refractivity contribution is 5.98. The normalized spacial score (nSPS) is 10.6. The molecule has 30 heavy (non-hydrogen) atoms. The second-order valence-corrected chi connectivity index (χ2v) is 6.71. The lowest BCUT2D eigenvalue weighted by Gasteiger charge is -2.12. The largest absolute Gasteiger partial charge is 0.380 e. The summed E-state index contributed by atoms with van der Waals surface area (Å²) >= 11 is 0. The molecule has 3 rings (SSSR count). The van der Waals surface area contributed by atoms with E-state index in [0.29, 0.717) is 41.0 Å². The first kappa shape index (κ1) is 21.0. The number of nitrogens with zero attached hydrogens (tertiary/aromatic N) is 2. The number of hydrogen-bond acceptors (Lipinski definition) is 5. The van der Waals surface area contributed by atoms with Crippen LogP contribution in [0.4, 0.5) is 14.5 Å². The van der Waals surface area contributed by atoms with E-state index in [-0.39, 0.29) is 17.9 Å². The van der Waals surface area contributed by atoms with Crippen LogP contribution in [0.2, 0.25) is 0 Å². The smallest absolute Gasteiger partial charge is 0.252 e. The van der Waals surface area contributed by atoms with E-state index < -0.39 is 17.5 Å². The number of carbonyl (C=O) groups is 2. The summed E-state index contributed by atoms with van der Waals surface area (Å²) in [7, 11) is 0. The zero-order valence-electron chi connectivity index (χ0n) is 16.3. The molecule has 154 valence electrons. The maximum atomic E-state index is 13.4. The van der Waals surface area contributed by atoms with Crippen LogP contribution in [0.5, 0.6) is 0 Å². The number of anilines is 1. The molecule has 3 N–H and O–H groups in total. The van der Waals surface area contributed by atoms with Gasteiger partial charge in [-0.3, -0.25) is 19.6 Å². The van der Waals surface area contributed by atoms with Crippen molar-refractivity contribution in [1.29, 1.82) is 0 Å². The first-order valence-electron chi connectivity index (χ1n) is 9.31. The molecule has 3 aromatic rings. The molecule has 0 fully saturated rings. The lowest BCUT2D eigenvalue weighted by atomic mass is 10.1. The molecule has 6 nitrogen and oxygen atoms in total. The zero-order valence-corrected chi connectivity index (χ0v) is 16.3. The number of nitrogens with two attached hydrogens (primary N) is 1. The molecule has 0 aliphatic rings. The predicted molar refractivity (Wildman–Crippen MR) is 108 cm³/mol. The standard InChI is InChI=1S/C22H20F2N4O2/c1-2-21(29)14-3-4-17(26-11-14)8-18-9-20(19(12-27-18)22(25)30)28-10-13-5-15(23)7-16(24)6-13/h3-7,9,11-12H,2,8,10H2,1H3,(H2,25,30)(H,27,28). The lowest BCUT2D eigenvalue weighted by Crippen LogP contribution is -2.15. The van der Waals surface area contributed by atoms with Crippen LogP contribution in [-0.4, -0.2) is 21.7 Å². The van der Waals surface area contributed by atoms with E-state index in [1.54, 1.807) is 25.1 Å². The molecule has 0 unspecified atom stereocenters. The van der Waals surface area contributed by atoms with Gasteiger partial charge < -0.3 is 11.1 Å². The van der Waals surface area contributed by atoms with Crippen molar-refractivity contribution in [2.45, 2.75) is 26.3 Å². The van der Waals surface area contributed by atoms with Crippen molar-refractivity contribution in [3.8, 4) is 0 Å². The molecule has 2 aromatic heterocycles. The van der Waals surface area contributed by atoms with Crippen molar-refractivity contribution in [3.05, 3.63) is 88.5 Å². The summed E-state index contributed by atoms with van der Waals surface area (Å²) in [6, 6.07) is 8.28. The summed E-state index contributed by atoms with van der Waals surface area (Å²) in [6.07, 6.45) is 3.64. The van der Waals surface area contributed by atoms with Crippen LogP contribution in [0.25, 0.3) is 0 Å². The number of benzene rings is 1. The van der Waals surface area contributed by atoms with Gasteiger partial charge in [0.15, 0.2) is 5.78 Å². The summed E-state index contributed by atoms with van der Waals surface area (Å²) in [6.45, 7) is 1.87. The minimum atomic E-state index is -0.687. The van der Waals surface area contributed by atoms with E-state index in [9.17, 15) is 18.4 Å². The van der Waals surface area contributed by atoms with Gasteiger partial charge in [-0.05, 0) is 35.9 Å². The summed E-state index contributed by atoms with van der Waals surface area (Å²) < 4.78 is 26.8. The number of amides is 1. The van der Waals surface area contributed by atoms with Gasteiger partial charge in [-0.2, -0.15) is 0 Å². The summed E-state index contributed by atoms with van der Waals surface area (Å²) in [5.74, 6) is -2.04. The van der Waals surface area contributed by atoms with Crippen molar-refractivity contribution in [1.82, 2.24) is 9.97 Å². The van der Waals surface area contributed by atoms with Crippen molar-refractivity contribution in [2.75, 3.05) is 5.32 Å². The molecule has 8 heteroatoms. The zero-order chi connectivity index (χ0) is 21.7. The van der Waals surface area contributed by atoms with Gasteiger partial charge in [-0.1, -0.05) is 6.92 Å². The number of hydrogen-bond donors (Lipinski definition) is 2. The Morgan fingerprint density at radius 2 is 1.70 bits per heavy atom. The second kappa shape index (κ2) is 9.21. The number of primary amides is 1. The molecule has 1 amide bonds. The van der Waals surface area contributed by atoms with Gasteiger partial charge in [0.25, 0.3) is 5.91 Å². The van der Waals surface area contributed by atoms with Crippen molar-refractivity contribution < 1.29 is 18.4 Å². The predicted octanol–water partition coefficient (Wildman–Crippen LogP) is 3.65. The molecule has 0 saturated carbocycles. The molecule has 0 radical (unpaired) electrons. The number of ketones is 1. The van der Waals surface area contributed by atoms with E-state index in [0.717, 1.165) is 6.07 Å². The third-order valence-corrected chi connectivity index (χ3v) is 4.46. The SMILES string of the molecule is CCC(=O)c1ccc(Cc2cc(NCc3cc(F)cc(F)c3)c(C(N)=O)cn2)nc1. The van der Waals surface area contributed by atoms with Gasteiger partial charge in [-0.25, -0.2) is 8.78 Å². The van der Waals surface area contributed by atoms with Gasteiger partial charge >= 0.3 is 0 Å². The number of nitrogens with one attached hydrogen (secondary N) is 1. The van der Waals surface area contributed by atoms with Gasteiger partial charge in [0, 0.05) is 54.8 Å². The van der Waals surface area contributed by atoms with Gasteiger partial charge in [0.1, 0.15) is 11.6 Å². The van der Waals surface area contributed by atoms with E-state index >= 15 is 0 Å². The van der Waals surface area contributed by atoms with Crippen molar-refractivity contribution in [3.63, 3.8) is 0 Å². The Balaban J connectivity index is 1.80. The van der Waals surface area contributed by atoms with Crippen molar-refractivity contribution in [2.24, 2.45) is 5.73 Å². The van der Waals surface area contributed by atoms with Crippen LogP contribution in [-0.2, 0) is 13.0 Å². The molecule has 0 spiro atoms. The third-order valence-electron chi connectivity index (χ3n) is 4.46. The lowest BCUT2D eigenvalue weighted by molar-refractivity contribution is 0.0984. The highest BCUT2D eigenvalue weighted by Gasteiger charge is 2.12. The molecule has 0 atom stereocenters. The van der Waals surface area contributed by atoms with Crippen LogP contribution in [0, 0.1) is 11.6 Å². The minimum Gasteiger partial charge on any atom is -0.380 e.